The van der Waals surface area contributed by atoms with E-state index in [0.29, 0.717) is 30.1 Å². The number of hydrogen-bond donors (Lipinski definition) is 1. The lowest BCUT2D eigenvalue weighted by Gasteiger charge is -2.39. The summed E-state index contributed by atoms with van der Waals surface area (Å²) in [6.45, 7) is 5.02. The molecule has 0 saturated heterocycles. The maximum atomic E-state index is 13.7. The van der Waals surface area contributed by atoms with Crippen LogP contribution in [-0.4, -0.2) is 36.9 Å². The topological polar surface area (TPSA) is 38.7 Å². The molecule has 9 unspecified atom stereocenters. The molecule has 9 atom stereocenters. The van der Waals surface area contributed by atoms with Gasteiger partial charge >= 0.3 is 6.18 Å². The molecular formula is C17H27F3O3. The van der Waals surface area contributed by atoms with Crippen LogP contribution in [0.2, 0.25) is 0 Å². The third-order valence-electron chi connectivity index (χ3n) is 7.34. The number of alkyl halides is 3. The summed E-state index contributed by atoms with van der Waals surface area (Å²) in [5.41, 5.74) is -2.36. The second-order valence-corrected chi connectivity index (χ2v) is 8.01. The molecule has 0 aliphatic heterocycles. The molecule has 1 N–H and O–H groups in total. The van der Waals surface area contributed by atoms with Gasteiger partial charge in [0, 0.05) is 13.0 Å². The van der Waals surface area contributed by atoms with Gasteiger partial charge in [-0.3, -0.25) is 0 Å². The highest BCUT2D eigenvalue weighted by atomic mass is 19.4. The Balaban J connectivity index is 1.87. The maximum Gasteiger partial charge on any atom is 0.417 e. The molecule has 0 spiro atoms. The van der Waals surface area contributed by atoms with E-state index in [4.69, 9.17) is 9.47 Å². The van der Waals surface area contributed by atoms with Gasteiger partial charge in [0.1, 0.15) is 6.79 Å². The van der Waals surface area contributed by atoms with Crippen LogP contribution in [0.1, 0.15) is 33.6 Å². The quantitative estimate of drug-likeness (QED) is 0.799. The van der Waals surface area contributed by atoms with Crippen molar-refractivity contribution < 1.29 is 27.8 Å². The van der Waals surface area contributed by atoms with Crippen molar-refractivity contribution in [2.75, 3.05) is 13.9 Å². The molecule has 3 aliphatic rings. The van der Waals surface area contributed by atoms with Crippen molar-refractivity contribution in [3.8, 4) is 0 Å². The lowest BCUT2D eigenvalue weighted by molar-refractivity contribution is -0.314. The molecular weight excluding hydrogens is 309 g/mol. The molecule has 3 fully saturated rings. The molecule has 0 aromatic rings. The van der Waals surface area contributed by atoms with Gasteiger partial charge in [0.05, 0.1) is 6.10 Å². The van der Waals surface area contributed by atoms with E-state index < -0.39 is 30.6 Å². The Morgan fingerprint density at radius 1 is 1.04 bits per heavy atom. The summed E-state index contributed by atoms with van der Waals surface area (Å²) in [6.07, 6.45) is -4.03. The number of hydrogen-bond acceptors (Lipinski definition) is 3. The summed E-state index contributed by atoms with van der Waals surface area (Å²) in [6, 6.07) is 0. The molecule has 0 heterocycles. The van der Waals surface area contributed by atoms with Crippen LogP contribution in [0.4, 0.5) is 13.2 Å². The van der Waals surface area contributed by atoms with Crippen LogP contribution < -0.4 is 0 Å². The van der Waals surface area contributed by atoms with Crippen molar-refractivity contribution in [3.05, 3.63) is 0 Å². The molecule has 23 heavy (non-hydrogen) atoms. The van der Waals surface area contributed by atoms with E-state index in [-0.39, 0.29) is 11.8 Å². The number of methoxy groups -OCH3 is 1. The smallest absolute Gasteiger partial charge is 0.392 e. The number of ether oxygens (including phenoxy) is 2. The number of rotatable bonds is 4. The molecule has 0 aromatic heterocycles. The van der Waals surface area contributed by atoms with Gasteiger partial charge in [-0.1, -0.05) is 13.8 Å². The second-order valence-electron chi connectivity index (χ2n) is 8.01. The van der Waals surface area contributed by atoms with E-state index in [0.717, 1.165) is 13.3 Å². The van der Waals surface area contributed by atoms with Crippen molar-refractivity contribution in [3.63, 3.8) is 0 Å². The normalized spacial score (nSPS) is 48.5. The number of aliphatic hydroxyl groups excluding tert-OH is 1. The van der Waals surface area contributed by atoms with Crippen LogP contribution in [-0.2, 0) is 9.47 Å². The Hall–Kier alpha value is -0.330. The van der Waals surface area contributed by atoms with E-state index in [1.165, 1.54) is 7.11 Å². The summed E-state index contributed by atoms with van der Waals surface area (Å²) in [4.78, 5) is 0. The molecule has 0 aromatic carbocycles. The summed E-state index contributed by atoms with van der Waals surface area (Å²) >= 11 is 0. The van der Waals surface area contributed by atoms with E-state index in [9.17, 15) is 18.3 Å². The number of halogens is 3. The Morgan fingerprint density at radius 2 is 1.65 bits per heavy atom. The van der Waals surface area contributed by atoms with Crippen LogP contribution in [0, 0.1) is 41.4 Å². The van der Waals surface area contributed by atoms with Crippen LogP contribution >= 0.6 is 0 Å². The van der Waals surface area contributed by atoms with E-state index in [1.54, 1.807) is 0 Å². The third-order valence-corrected chi connectivity index (χ3v) is 7.34. The lowest BCUT2D eigenvalue weighted by Crippen LogP contribution is -2.54. The van der Waals surface area contributed by atoms with Crippen molar-refractivity contribution in [2.24, 2.45) is 41.4 Å². The SMILES string of the molecule is COCOC(C)(C1CC2C3CC(C(C)C3C)C2C1O)C(F)(F)F. The summed E-state index contributed by atoms with van der Waals surface area (Å²) in [5, 5.41) is 10.8. The van der Waals surface area contributed by atoms with Crippen molar-refractivity contribution in [1.29, 1.82) is 0 Å². The Kier molecular flexibility index (Phi) is 4.26. The fourth-order valence-electron chi connectivity index (χ4n) is 5.87. The molecule has 2 bridgehead atoms. The predicted molar refractivity (Wildman–Crippen MR) is 78.4 cm³/mol. The van der Waals surface area contributed by atoms with Crippen molar-refractivity contribution >= 4 is 0 Å². The minimum Gasteiger partial charge on any atom is -0.392 e. The first-order valence-corrected chi connectivity index (χ1v) is 8.51. The third kappa shape index (κ3) is 2.35. The first-order chi connectivity index (χ1) is 10.6. The van der Waals surface area contributed by atoms with Crippen molar-refractivity contribution in [2.45, 2.75) is 51.5 Å². The summed E-state index contributed by atoms with van der Waals surface area (Å²) < 4.78 is 50.9. The first-order valence-electron chi connectivity index (χ1n) is 8.51. The van der Waals surface area contributed by atoms with Crippen LogP contribution in [0.5, 0.6) is 0 Å². The predicted octanol–water partition coefficient (Wildman–Crippen LogP) is 3.46. The highest BCUT2D eigenvalue weighted by molar-refractivity contribution is 5.13. The van der Waals surface area contributed by atoms with Gasteiger partial charge in [-0.05, 0) is 55.3 Å². The molecule has 3 nitrogen and oxygen atoms in total. The molecule has 134 valence electrons. The van der Waals surface area contributed by atoms with Gasteiger partial charge in [-0.25, -0.2) is 0 Å². The first kappa shape index (κ1) is 17.5. The minimum atomic E-state index is -4.54. The van der Waals surface area contributed by atoms with Gasteiger partial charge in [0.25, 0.3) is 0 Å². The van der Waals surface area contributed by atoms with E-state index in [1.807, 2.05) is 0 Å². The fraction of sp³-hybridized carbons (Fsp3) is 1.00. The fourth-order valence-corrected chi connectivity index (χ4v) is 5.87. The highest BCUT2D eigenvalue weighted by Gasteiger charge is 2.68. The van der Waals surface area contributed by atoms with Crippen molar-refractivity contribution in [1.82, 2.24) is 0 Å². The van der Waals surface area contributed by atoms with E-state index >= 15 is 0 Å². The monoisotopic (exact) mass is 336 g/mol. The van der Waals surface area contributed by atoms with Crippen LogP contribution in [0.3, 0.4) is 0 Å². The minimum absolute atomic E-state index is 0.0102. The van der Waals surface area contributed by atoms with Gasteiger partial charge in [0.2, 0.25) is 0 Å². The molecule has 3 rings (SSSR count). The largest absolute Gasteiger partial charge is 0.417 e. The van der Waals surface area contributed by atoms with Crippen LogP contribution in [0.25, 0.3) is 0 Å². The zero-order valence-electron chi connectivity index (χ0n) is 14.1. The average molecular weight is 336 g/mol. The summed E-state index contributed by atoms with van der Waals surface area (Å²) in [7, 11) is 1.31. The zero-order chi connectivity index (χ0) is 17.2. The Bertz CT molecular complexity index is 455. The highest BCUT2D eigenvalue weighted by Crippen LogP contribution is 2.66. The average Bonchev–Trinajstić information content (AvgIpc) is 3.08. The summed E-state index contributed by atoms with van der Waals surface area (Å²) in [5.74, 6) is 1.06. The Labute approximate surface area is 135 Å². The lowest BCUT2D eigenvalue weighted by atomic mass is 9.70. The molecule has 3 saturated carbocycles. The van der Waals surface area contributed by atoms with Crippen LogP contribution in [0.15, 0.2) is 0 Å². The van der Waals surface area contributed by atoms with E-state index in [2.05, 4.69) is 13.8 Å². The Morgan fingerprint density at radius 3 is 2.22 bits per heavy atom. The molecule has 6 heteroatoms. The van der Waals surface area contributed by atoms with Gasteiger partial charge in [-0.15, -0.1) is 0 Å². The zero-order valence-corrected chi connectivity index (χ0v) is 14.1. The van der Waals surface area contributed by atoms with Gasteiger partial charge in [-0.2, -0.15) is 13.2 Å². The molecule has 0 radical (unpaired) electrons. The van der Waals surface area contributed by atoms with Gasteiger partial charge < -0.3 is 14.6 Å². The van der Waals surface area contributed by atoms with Gasteiger partial charge in [0.15, 0.2) is 5.60 Å². The second kappa shape index (κ2) is 5.60. The number of fused-ring (bicyclic) bond motifs is 5. The standard InChI is InChI=1S/C17H27F3O3/c1-8-9(2)11-5-10(8)12-6-13(15(21)14(11)12)16(3,17(18,19)20)23-7-22-4/h8-15,21H,5-7H2,1-4H3. The molecule has 3 aliphatic carbocycles. The number of aliphatic hydroxyl groups is 1. The molecule has 0 amide bonds. The maximum absolute atomic E-state index is 13.7.